The van der Waals surface area contributed by atoms with Crippen molar-refractivity contribution in [3.63, 3.8) is 0 Å². The fourth-order valence-corrected chi connectivity index (χ4v) is 5.87. The summed E-state index contributed by atoms with van der Waals surface area (Å²) in [5, 5.41) is 14.9. The highest BCUT2D eigenvalue weighted by atomic mass is 16.5. The van der Waals surface area contributed by atoms with Crippen LogP contribution in [0.25, 0.3) is 0 Å². The van der Waals surface area contributed by atoms with E-state index in [0.29, 0.717) is 18.4 Å². The maximum Gasteiger partial charge on any atom is 0.254 e. The molecule has 4 rings (SSSR count). The van der Waals surface area contributed by atoms with Crippen molar-refractivity contribution in [3.05, 3.63) is 64.7 Å². The van der Waals surface area contributed by atoms with Crippen molar-refractivity contribution < 1.29 is 24.2 Å². The average Bonchev–Trinajstić information content (AvgIpc) is 3.13. The lowest BCUT2D eigenvalue weighted by Crippen LogP contribution is -2.66. The number of aliphatic hydroxyl groups is 1. The molecule has 0 saturated carbocycles. The number of hydrogen-bond donors (Lipinski definition) is 3. The Balaban J connectivity index is 1.63. The lowest BCUT2D eigenvalue weighted by Gasteiger charge is -2.50. The second kappa shape index (κ2) is 11.5. The number of rotatable bonds is 10. The zero-order chi connectivity index (χ0) is 29.3. The molecule has 0 aliphatic carbocycles. The van der Waals surface area contributed by atoms with Crippen molar-refractivity contribution in [2.75, 3.05) is 38.7 Å². The molecule has 2 atom stereocenters. The number of fused-ring (bicyclic) bond motifs is 1. The third-order valence-electron chi connectivity index (χ3n) is 8.68. The van der Waals surface area contributed by atoms with Crippen LogP contribution in [0.15, 0.2) is 42.5 Å². The largest absolute Gasteiger partial charge is 0.393 e. The number of carbonyl (C=O) groups excluding carboxylic acids is 3. The van der Waals surface area contributed by atoms with E-state index in [-0.39, 0.29) is 5.91 Å². The molecule has 2 aromatic carbocycles. The van der Waals surface area contributed by atoms with E-state index in [1.165, 1.54) is 25.4 Å². The van der Waals surface area contributed by atoms with E-state index >= 15 is 0 Å². The third kappa shape index (κ3) is 5.49. The maximum atomic E-state index is 13.9. The lowest BCUT2D eigenvalue weighted by molar-refractivity contribution is -0.129. The number of nitrogens with zero attached hydrogens (tertiary/aromatic N) is 2. The van der Waals surface area contributed by atoms with Gasteiger partial charge in [-0.3, -0.25) is 14.5 Å². The quantitative estimate of drug-likeness (QED) is 0.208. The van der Waals surface area contributed by atoms with E-state index < -0.39 is 28.0 Å². The Hall–Kier alpha value is -2.95. The summed E-state index contributed by atoms with van der Waals surface area (Å²) in [4.78, 5) is 43.0. The molecule has 1 saturated heterocycles. The predicted octanol–water partition coefficient (Wildman–Crippen LogP) is -4.02. The summed E-state index contributed by atoms with van der Waals surface area (Å²) in [5.74, 6) is -0.771. The van der Waals surface area contributed by atoms with Gasteiger partial charge in [0, 0.05) is 49.8 Å². The monoisotopic (exact) mass is 540 g/mol. The van der Waals surface area contributed by atoms with Crippen molar-refractivity contribution in [1.29, 1.82) is 0 Å². The molecule has 3 N–H and O–H groups in total. The van der Waals surface area contributed by atoms with Crippen LogP contribution >= 0.6 is 0 Å². The minimum Gasteiger partial charge on any atom is -0.393 e. The van der Waals surface area contributed by atoms with Gasteiger partial charge in [-0.15, -0.1) is 0 Å². The van der Waals surface area contributed by atoms with Crippen molar-refractivity contribution in [3.8, 4) is 0 Å². The summed E-state index contributed by atoms with van der Waals surface area (Å²) < 4.78 is 5.46. The van der Waals surface area contributed by atoms with Gasteiger partial charge in [0.15, 0.2) is 7.85 Å². The SMILES string of the molecule is BC1(B)c2c(NCc3cccc(CN4CCOCC4)c3)cccc2C(=O)N1C(C(=O)NC)C(B)(B)C(B)(O)C=O. The van der Waals surface area contributed by atoms with Gasteiger partial charge in [-0.25, -0.2) is 0 Å². The number of aldehydes is 1. The molecule has 1 fully saturated rings. The van der Waals surface area contributed by atoms with Crippen molar-refractivity contribution in [1.82, 2.24) is 15.1 Å². The molecule has 2 unspecified atom stereocenters. The number of amides is 2. The van der Waals surface area contributed by atoms with Gasteiger partial charge < -0.3 is 30.2 Å². The molecule has 9 nitrogen and oxygen atoms in total. The number of benzene rings is 2. The van der Waals surface area contributed by atoms with Crippen LogP contribution in [0.3, 0.4) is 0 Å². The number of morpholine rings is 1. The van der Waals surface area contributed by atoms with Crippen LogP contribution in [0.1, 0.15) is 27.0 Å². The second-order valence-electron chi connectivity index (χ2n) is 12.0. The van der Waals surface area contributed by atoms with Crippen LogP contribution in [-0.4, -0.2) is 117 Å². The maximum absolute atomic E-state index is 13.9. The standard InChI is InChI=1S/C26H37B5N4O5/c1-32-22(37)21(25(28,29)24(27,39)15-36)35-23(38)18-6-3-7-19(20(18)26(35,30)31)33-13-16-4-2-5-17(12-16)14-34-8-10-40-11-9-34/h2-7,12,15,21,33,39H,8-11,13-14,27-31H2,1H3,(H,32,37). The van der Waals surface area contributed by atoms with Gasteiger partial charge in [0.1, 0.15) is 43.7 Å². The van der Waals surface area contributed by atoms with Gasteiger partial charge in [-0.2, -0.15) is 0 Å². The number of hydrogen-bond acceptors (Lipinski definition) is 7. The Bertz CT molecular complexity index is 1290. The highest BCUT2D eigenvalue weighted by Gasteiger charge is 2.57. The summed E-state index contributed by atoms with van der Waals surface area (Å²) in [5.41, 5.74) is 2.56. The highest BCUT2D eigenvalue weighted by molar-refractivity contribution is 6.50. The lowest BCUT2D eigenvalue weighted by atomic mass is 9.37. The summed E-state index contributed by atoms with van der Waals surface area (Å²) in [7, 11) is 9.92. The number of nitrogens with one attached hydrogen (secondary N) is 2. The highest BCUT2D eigenvalue weighted by Crippen LogP contribution is 2.46. The minimum absolute atomic E-state index is 0.320. The van der Waals surface area contributed by atoms with Crippen LogP contribution < -0.4 is 10.6 Å². The van der Waals surface area contributed by atoms with E-state index in [1.54, 1.807) is 21.8 Å². The first-order valence-electron chi connectivity index (χ1n) is 13.8. The van der Waals surface area contributed by atoms with E-state index in [9.17, 15) is 19.5 Å². The Kier molecular flexibility index (Phi) is 8.64. The average molecular weight is 540 g/mol. The van der Waals surface area contributed by atoms with Gasteiger partial charge in [-0.05, 0) is 34.0 Å². The molecular weight excluding hydrogens is 502 g/mol. The van der Waals surface area contributed by atoms with Gasteiger partial charge in [0.2, 0.25) is 5.91 Å². The summed E-state index contributed by atoms with van der Waals surface area (Å²) in [6, 6.07) is 12.9. The number of carbonyl (C=O) groups is 3. The third-order valence-corrected chi connectivity index (χ3v) is 8.68. The number of likely N-dealkylation sites (N-methyl/N-ethyl adjacent to an activating group) is 1. The molecule has 0 aromatic heterocycles. The van der Waals surface area contributed by atoms with Crippen molar-refractivity contribution in [2.24, 2.45) is 0 Å². The number of ether oxygens (including phenoxy) is 1. The van der Waals surface area contributed by atoms with E-state index in [1.807, 2.05) is 27.8 Å². The summed E-state index contributed by atoms with van der Waals surface area (Å²) in [6.07, 6.45) is 0.434. The fraction of sp³-hybridized carbons (Fsp3) is 0.423. The summed E-state index contributed by atoms with van der Waals surface area (Å²) >= 11 is 0. The van der Waals surface area contributed by atoms with Gasteiger partial charge in [-0.1, -0.05) is 30.3 Å². The molecular formula is C26H37B5N4O5. The first-order chi connectivity index (χ1) is 18.8. The van der Waals surface area contributed by atoms with Crippen LogP contribution in [-0.2, 0) is 32.8 Å². The molecule has 14 heteroatoms. The summed E-state index contributed by atoms with van der Waals surface area (Å²) in [6.45, 7) is 4.80. The van der Waals surface area contributed by atoms with E-state index in [4.69, 9.17) is 4.74 Å². The first kappa shape index (κ1) is 30.0. The zero-order valence-corrected chi connectivity index (χ0v) is 24.4. The van der Waals surface area contributed by atoms with Crippen molar-refractivity contribution >= 4 is 63.0 Å². The van der Waals surface area contributed by atoms with Gasteiger partial charge >= 0.3 is 0 Å². The molecule has 2 aliphatic rings. The Labute approximate surface area is 240 Å². The topological polar surface area (TPSA) is 111 Å². The molecule has 0 bridgehead atoms. The Morgan fingerprint density at radius 2 is 1.80 bits per heavy atom. The molecule has 2 amide bonds. The first-order valence-corrected chi connectivity index (χ1v) is 13.8. The molecule has 0 radical (unpaired) electrons. The van der Waals surface area contributed by atoms with Crippen LogP contribution in [0, 0.1) is 0 Å². The van der Waals surface area contributed by atoms with E-state index in [2.05, 4.69) is 39.8 Å². The fourth-order valence-electron chi connectivity index (χ4n) is 5.87. The van der Waals surface area contributed by atoms with Crippen molar-refractivity contribution in [2.45, 2.75) is 35.2 Å². The van der Waals surface area contributed by atoms with Gasteiger partial charge in [0.05, 0.1) is 18.7 Å². The van der Waals surface area contributed by atoms with Crippen LogP contribution in [0.2, 0.25) is 5.21 Å². The predicted molar refractivity (Wildman–Crippen MR) is 168 cm³/mol. The molecule has 2 aromatic rings. The molecule has 206 valence electrons. The zero-order valence-electron chi connectivity index (χ0n) is 24.4. The smallest absolute Gasteiger partial charge is 0.254 e. The molecule has 2 heterocycles. The minimum atomic E-state index is -1.86. The van der Waals surface area contributed by atoms with Crippen LogP contribution in [0.4, 0.5) is 5.69 Å². The van der Waals surface area contributed by atoms with E-state index in [0.717, 1.165) is 49.7 Å². The Morgan fingerprint density at radius 3 is 2.45 bits per heavy atom. The Morgan fingerprint density at radius 1 is 1.15 bits per heavy atom. The molecule has 40 heavy (non-hydrogen) atoms. The molecule has 2 aliphatic heterocycles. The second-order valence-corrected chi connectivity index (χ2v) is 12.0. The molecule has 0 spiro atoms. The van der Waals surface area contributed by atoms with Crippen LogP contribution in [0.5, 0.6) is 0 Å². The normalized spacial score (nSPS) is 19.4. The van der Waals surface area contributed by atoms with Gasteiger partial charge in [0.25, 0.3) is 5.91 Å². The number of anilines is 1.